The molecular weight excluding hydrogens is 236 g/mol. The molecule has 1 fully saturated rings. The Morgan fingerprint density at radius 1 is 1.53 bits per heavy atom. The highest BCUT2D eigenvalue weighted by atomic mass is 32.2. The van der Waals surface area contributed by atoms with Crippen molar-refractivity contribution in [1.29, 1.82) is 0 Å². The number of nitrogen functional groups attached to an aromatic ring is 1. The summed E-state index contributed by atoms with van der Waals surface area (Å²) in [7, 11) is 0. The molecule has 0 aliphatic carbocycles. The Labute approximate surface area is 106 Å². The maximum atomic E-state index is 5.83. The van der Waals surface area contributed by atoms with Crippen LogP contribution in [0.4, 0.5) is 5.69 Å². The SMILES string of the molecule is CC(C)COc1nc(SC2COC2)ccc1N. The highest BCUT2D eigenvalue weighted by Crippen LogP contribution is 2.30. The summed E-state index contributed by atoms with van der Waals surface area (Å²) in [5.41, 5.74) is 6.43. The van der Waals surface area contributed by atoms with Gasteiger partial charge in [-0.15, -0.1) is 0 Å². The number of pyridine rings is 1. The lowest BCUT2D eigenvalue weighted by atomic mass is 10.2. The number of ether oxygens (including phenoxy) is 2. The molecule has 17 heavy (non-hydrogen) atoms. The fraction of sp³-hybridized carbons (Fsp3) is 0.583. The van der Waals surface area contributed by atoms with Gasteiger partial charge in [-0.25, -0.2) is 4.98 Å². The third-order valence-corrected chi connectivity index (χ3v) is 3.39. The monoisotopic (exact) mass is 254 g/mol. The molecule has 0 aromatic carbocycles. The van der Waals surface area contributed by atoms with Crippen LogP contribution < -0.4 is 10.5 Å². The second-order valence-corrected chi connectivity index (χ2v) is 5.85. The molecule has 1 aliphatic rings. The Kier molecular flexibility index (Phi) is 4.12. The van der Waals surface area contributed by atoms with Gasteiger partial charge >= 0.3 is 0 Å². The van der Waals surface area contributed by atoms with Gasteiger partial charge in [0.15, 0.2) is 0 Å². The van der Waals surface area contributed by atoms with Gasteiger partial charge < -0.3 is 15.2 Å². The molecule has 2 N–H and O–H groups in total. The molecule has 2 heterocycles. The van der Waals surface area contributed by atoms with Crippen molar-refractivity contribution in [3.63, 3.8) is 0 Å². The maximum Gasteiger partial charge on any atom is 0.238 e. The number of thioether (sulfide) groups is 1. The summed E-state index contributed by atoms with van der Waals surface area (Å²) in [5, 5.41) is 1.47. The molecule has 0 atom stereocenters. The Balaban J connectivity index is 2.00. The van der Waals surface area contributed by atoms with Crippen molar-refractivity contribution in [2.45, 2.75) is 24.1 Å². The first-order valence-electron chi connectivity index (χ1n) is 5.79. The summed E-state index contributed by atoms with van der Waals surface area (Å²) in [4.78, 5) is 4.43. The third-order valence-electron chi connectivity index (χ3n) is 2.31. The Hall–Kier alpha value is -0.940. The van der Waals surface area contributed by atoms with Gasteiger partial charge in [0.25, 0.3) is 0 Å². The number of rotatable bonds is 5. The minimum absolute atomic E-state index is 0.465. The number of anilines is 1. The molecule has 0 unspecified atom stereocenters. The summed E-state index contributed by atoms with van der Waals surface area (Å²) in [6, 6.07) is 3.78. The lowest BCUT2D eigenvalue weighted by molar-refractivity contribution is 0.0454. The van der Waals surface area contributed by atoms with Crippen LogP contribution in [0, 0.1) is 5.92 Å². The van der Waals surface area contributed by atoms with E-state index in [1.807, 2.05) is 12.1 Å². The van der Waals surface area contributed by atoms with E-state index >= 15 is 0 Å². The third kappa shape index (κ3) is 3.51. The highest BCUT2D eigenvalue weighted by molar-refractivity contribution is 8.00. The minimum atomic E-state index is 0.465. The molecule has 0 spiro atoms. The van der Waals surface area contributed by atoms with E-state index in [4.69, 9.17) is 15.2 Å². The lowest BCUT2D eigenvalue weighted by Gasteiger charge is -2.24. The van der Waals surface area contributed by atoms with Crippen LogP contribution in [-0.4, -0.2) is 30.1 Å². The predicted molar refractivity (Wildman–Crippen MR) is 69.4 cm³/mol. The molecular formula is C12H18N2O2S. The molecule has 1 aromatic rings. The zero-order chi connectivity index (χ0) is 12.3. The predicted octanol–water partition coefficient (Wildman–Crippen LogP) is 2.19. The van der Waals surface area contributed by atoms with Crippen LogP contribution in [0.1, 0.15) is 13.8 Å². The first kappa shape index (κ1) is 12.5. The van der Waals surface area contributed by atoms with Crippen molar-refractivity contribution in [3.8, 4) is 5.88 Å². The first-order chi connectivity index (χ1) is 8.15. The average Bonchev–Trinajstić information content (AvgIpc) is 2.23. The van der Waals surface area contributed by atoms with Gasteiger partial charge in [-0.1, -0.05) is 25.6 Å². The number of hydrogen-bond donors (Lipinski definition) is 1. The van der Waals surface area contributed by atoms with Gasteiger partial charge in [0, 0.05) is 0 Å². The summed E-state index contributed by atoms with van der Waals surface area (Å²) in [6.45, 7) is 6.44. The normalized spacial score (nSPS) is 15.9. The second-order valence-electron chi connectivity index (χ2n) is 4.53. The molecule has 0 amide bonds. The van der Waals surface area contributed by atoms with Crippen LogP contribution in [0.25, 0.3) is 0 Å². The van der Waals surface area contributed by atoms with Crippen LogP contribution in [0.2, 0.25) is 0 Å². The second kappa shape index (κ2) is 5.60. The minimum Gasteiger partial charge on any atom is -0.476 e. The number of hydrogen-bond acceptors (Lipinski definition) is 5. The molecule has 94 valence electrons. The van der Waals surface area contributed by atoms with E-state index in [0.29, 0.717) is 29.3 Å². The van der Waals surface area contributed by atoms with Crippen molar-refractivity contribution >= 4 is 17.4 Å². The van der Waals surface area contributed by atoms with Crippen molar-refractivity contribution in [2.24, 2.45) is 5.92 Å². The topological polar surface area (TPSA) is 57.4 Å². The Morgan fingerprint density at radius 3 is 2.88 bits per heavy atom. The summed E-state index contributed by atoms with van der Waals surface area (Å²) < 4.78 is 10.7. The molecule has 0 radical (unpaired) electrons. The number of nitrogens with zero attached hydrogens (tertiary/aromatic N) is 1. The van der Waals surface area contributed by atoms with Gasteiger partial charge in [0.05, 0.1) is 30.8 Å². The van der Waals surface area contributed by atoms with Crippen LogP contribution in [0.15, 0.2) is 17.2 Å². The summed E-state index contributed by atoms with van der Waals surface area (Å²) >= 11 is 1.72. The van der Waals surface area contributed by atoms with E-state index < -0.39 is 0 Å². The van der Waals surface area contributed by atoms with Gasteiger partial charge in [0.2, 0.25) is 5.88 Å². The van der Waals surface area contributed by atoms with E-state index in [2.05, 4.69) is 18.8 Å². The van der Waals surface area contributed by atoms with E-state index in [1.54, 1.807) is 11.8 Å². The van der Waals surface area contributed by atoms with Crippen molar-refractivity contribution < 1.29 is 9.47 Å². The standard InChI is InChI=1S/C12H18N2O2S/c1-8(2)5-16-12-10(13)3-4-11(14-12)17-9-6-15-7-9/h3-4,8-9H,5-7,13H2,1-2H3. The molecule has 1 aliphatic heterocycles. The molecule has 0 saturated carbocycles. The molecule has 5 heteroatoms. The van der Waals surface area contributed by atoms with Gasteiger partial charge in [-0.3, -0.25) is 0 Å². The zero-order valence-electron chi connectivity index (χ0n) is 10.2. The zero-order valence-corrected chi connectivity index (χ0v) is 11.0. The van der Waals surface area contributed by atoms with Crippen LogP contribution >= 0.6 is 11.8 Å². The maximum absolute atomic E-state index is 5.83. The Morgan fingerprint density at radius 2 is 2.29 bits per heavy atom. The van der Waals surface area contributed by atoms with Crippen LogP contribution in [0.5, 0.6) is 5.88 Å². The molecule has 4 nitrogen and oxygen atoms in total. The van der Waals surface area contributed by atoms with Crippen LogP contribution in [0.3, 0.4) is 0 Å². The van der Waals surface area contributed by atoms with E-state index in [1.165, 1.54) is 0 Å². The summed E-state index contributed by atoms with van der Waals surface area (Å²) in [6.07, 6.45) is 0. The van der Waals surface area contributed by atoms with Gasteiger partial charge in [-0.05, 0) is 18.1 Å². The number of aromatic nitrogens is 1. The van der Waals surface area contributed by atoms with Crippen molar-refractivity contribution in [1.82, 2.24) is 4.98 Å². The Bertz CT molecular complexity index is 381. The fourth-order valence-electron chi connectivity index (χ4n) is 1.31. The van der Waals surface area contributed by atoms with E-state index in [9.17, 15) is 0 Å². The van der Waals surface area contributed by atoms with E-state index in [-0.39, 0.29) is 0 Å². The van der Waals surface area contributed by atoms with E-state index in [0.717, 1.165) is 18.2 Å². The van der Waals surface area contributed by atoms with Crippen molar-refractivity contribution in [3.05, 3.63) is 12.1 Å². The fourth-order valence-corrected chi connectivity index (χ4v) is 2.27. The largest absolute Gasteiger partial charge is 0.476 e. The van der Waals surface area contributed by atoms with Gasteiger partial charge in [0.1, 0.15) is 5.03 Å². The molecule has 0 bridgehead atoms. The average molecular weight is 254 g/mol. The smallest absolute Gasteiger partial charge is 0.238 e. The molecule has 1 aromatic heterocycles. The highest BCUT2D eigenvalue weighted by Gasteiger charge is 2.20. The van der Waals surface area contributed by atoms with Crippen LogP contribution in [-0.2, 0) is 4.74 Å². The molecule has 2 rings (SSSR count). The first-order valence-corrected chi connectivity index (χ1v) is 6.67. The van der Waals surface area contributed by atoms with Crippen molar-refractivity contribution in [2.75, 3.05) is 25.6 Å². The lowest BCUT2D eigenvalue weighted by Crippen LogP contribution is -2.30. The summed E-state index contributed by atoms with van der Waals surface area (Å²) in [5.74, 6) is 1.01. The quantitative estimate of drug-likeness (QED) is 0.873. The molecule has 1 saturated heterocycles. The van der Waals surface area contributed by atoms with Gasteiger partial charge in [-0.2, -0.15) is 0 Å². The number of nitrogens with two attached hydrogens (primary N) is 1.